The fraction of sp³-hybridized carbons (Fsp3) is 0.0909. The van der Waals surface area contributed by atoms with Crippen molar-refractivity contribution in [2.24, 2.45) is 5.10 Å². The van der Waals surface area contributed by atoms with Crippen LogP contribution in [0.15, 0.2) is 77.9 Å². The Hall–Kier alpha value is -4.24. The summed E-state index contributed by atoms with van der Waals surface area (Å²) < 4.78 is 4.99. The first-order valence-electron chi connectivity index (χ1n) is 9.10. The molecule has 0 unspecified atom stereocenters. The second-order valence-corrected chi connectivity index (χ2v) is 6.48. The van der Waals surface area contributed by atoms with Crippen LogP contribution in [0.3, 0.4) is 0 Å². The lowest BCUT2D eigenvalue weighted by Gasteiger charge is -2.27. The van der Waals surface area contributed by atoms with E-state index in [-0.39, 0.29) is 11.3 Å². The van der Waals surface area contributed by atoms with Gasteiger partial charge in [0.15, 0.2) is 5.60 Å². The number of amides is 1. The predicted molar refractivity (Wildman–Crippen MR) is 113 cm³/mol. The topological polar surface area (TPSA) is 134 Å². The van der Waals surface area contributed by atoms with Gasteiger partial charge in [0.1, 0.15) is 5.75 Å². The van der Waals surface area contributed by atoms with E-state index in [9.17, 15) is 25.1 Å². The lowest BCUT2D eigenvalue weighted by atomic mass is 9.85. The van der Waals surface area contributed by atoms with E-state index >= 15 is 0 Å². The highest BCUT2D eigenvalue weighted by Crippen LogP contribution is 2.33. The molecule has 3 N–H and O–H groups in total. The van der Waals surface area contributed by atoms with Crippen molar-refractivity contribution >= 4 is 17.8 Å². The summed E-state index contributed by atoms with van der Waals surface area (Å²) in [5.74, 6) is -1.36. The Morgan fingerprint density at radius 2 is 1.65 bits per heavy atom. The van der Waals surface area contributed by atoms with Gasteiger partial charge in [-0.1, -0.05) is 60.7 Å². The van der Waals surface area contributed by atoms with Crippen LogP contribution in [0.4, 0.5) is 5.69 Å². The number of ether oxygens (including phenoxy) is 1. The molecule has 0 saturated heterocycles. The second kappa shape index (κ2) is 9.06. The number of benzene rings is 3. The minimum atomic E-state index is -2.04. The summed E-state index contributed by atoms with van der Waals surface area (Å²) in [7, 11) is 1.32. The summed E-state index contributed by atoms with van der Waals surface area (Å²) in [6.07, 6.45) is 1.03. The number of aromatic hydroxyl groups is 1. The number of nitro groups is 1. The molecule has 9 heteroatoms. The third-order valence-corrected chi connectivity index (χ3v) is 4.61. The van der Waals surface area contributed by atoms with Gasteiger partial charge in [0.05, 0.1) is 24.3 Å². The first-order valence-corrected chi connectivity index (χ1v) is 9.10. The number of nitro benzene ring substituents is 1. The maximum Gasteiger partial charge on any atom is 0.315 e. The molecule has 0 atom stereocenters. The SMILES string of the molecule is COc1cc(/C=N/NC(=O)C(O)(c2ccccc2)c2ccccc2)c(O)c([N+](=O)[O-])c1. The number of methoxy groups -OCH3 is 1. The molecular formula is C22H19N3O6. The summed E-state index contributed by atoms with van der Waals surface area (Å²) >= 11 is 0. The molecule has 0 aliphatic heterocycles. The van der Waals surface area contributed by atoms with Gasteiger partial charge in [-0.2, -0.15) is 5.10 Å². The number of hydrogen-bond donors (Lipinski definition) is 3. The zero-order chi connectivity index (χ0) is 22.4. The number of nitrogens with zero attached hydrogens (tertiary/aromatic N) is 2. The minimum absolute atomic E-state index is 0.0469. The molecule has 3 rings (SSSR count). The van der Waals surface area contributed by atoms with E-state index in [0.29, 0.717) is 11.1 Å². The van der Waals surface area contributed by atoms with Gasteiger partial charge in [-0.3, -0.25) is 14.9 Å². The Kier molecular flexibility index (Phi) is 6.27. The maximum absolute atomic E-state index is 13.0. The Morgan fingerprint density at radius 1 is 1.10 bits per heavy atom. The fourth-order valence-electron chi connectivity index (χ4n) is 3.00. The van der Waals surface area contributed by atoms with Crippen molar-refractivity contribution in [3.8, 4) is 11.5 Å². The Bertz CT molecular complexity index is 1080. The molecule has 31 heavy (non-hydrogen) atoms. The van der Waals surface area contributed by atoms with Crippen LogP contribution in [0.2, 0.25) is 0 Å². The van der Waals surface area contributed by atoms with E-state index in [0.717, 1.165) is 12.3 Å². The summed E-state index contributed by atoms with van der Waals surface area (Å²) in [4.78, 5) is 23.3. The fourth-order valence-corrected chi connectivity index (χ4v) is 3.00. The van der Waals surface area contributed by atoms with E-state index in [1.54, 1.807) is 60.7 Å². The highest BCUT2D eigenvalue weighted by molar-refractivity contribution is 5.92. The molecule has 0 bridgehead atoms. The van der Waals surface area contributed by atoms with Crippen molar-refractivity contribution in [2.45, 2.75) is 5.60 Å². The van der Waals surface area contributed by atoms with E-state index in [1.165, 1.54) is 13.2 Å². The quantitative estimate of drug-likeness (QED) is 0.305. The number of carbonyl (C=O) groups excluding carboxylic acids is 1. The largest absolute Gasteiger partial charge is 0.502 e. The minimum Gasteiger partial charge on any atom is -0.502 e. The monoisotopic (exact) mass is 421 g/mol. The highest BCUT2D eigenvalue weighted by atomic mass is 16.6. The van der Waals surface area contributed by atoms with Gasteiger partial charge in [-0.15, -0.1) is 0 Å². The number of phenols is 1. The van der Waals surface area contributed by atoms with Gasteiger partial charge < -0.3 is 14.9 Å². The Balaban J connectivity index is 1.93. The number of carbonyl (C=O) groups is 1. The van der Waals surface area contributed by atoms with Crippen molar-refractivity contribution in [3.05, 3.63) is 99.6 Å². The molecule has 0 radical (unpaired) electrons. The van der Waals surface area contributed by atoms with Gasteiger partial charge in [-0.25, -0.2) is 5.43 Å². The first-order chi connectivity index (χ1) is 14.9. The van der Waals surface area contributed by atoms with Crippen molar-refractivity contribution in [2.75, 3.05) is 7.11 Å². The summed E-state index contributed by atoms with van der Waals surface area (Å²) in [6, 6.07) is 19.1. The summed E-state index contributed by atoms with van der Waals surface area (Å²) in [5.41, 5.74) is 0.238. The van der Waals surface area contributed by atoms with E-state index < -0.39 is 27.9 Å². The van der Waals surface area contributed by atoms with Crippen LogP contribution in [0.25, 0.3) is 0 Å². The van der Waals surface area contributed by atoms with Crippen LogP contribution < -0.4 is 10.2 Å². The molecule has 3 aromatic rings. The van der Waals surface area contributed by atoms with Gasteiger partial charge >= 0.3 is 5.69 Å². The molecule has 0 spiro atoms. The molecule has 3 aromatic carbocycles. The molecule has 0 saturated carbocycles. The number of nitrogens with one attached hydrogen (secondary N) is 1. The van der Waals surface area contributed by atoms with Crippen molar-refractivity contribution in [3.63, 3.8) is 0 Å². The summed E-state index contributed by atoms with van der Waals surface area (Å²) in [5, 5.41) is 36.3. The zero-order valence-electron chi connectivity index (χ0n) is 16.4. The Morgan fingerprint density at radius 3 is 2.13 bits per heavy atom. The van der Waals surface area contributed by atoms with Crippen LogP contribution in [0.5, 0.6) is 11.5 Å². The predicted octanol–water partition coefficient (Wildman–Crippen LogP) is 2.70. The van der Waals surface area contributed by atoms with E-state index in [4.69, 9.17) is 4.74 Å². The van der Waals surface area contributed by atoms with Crippen molar-refractivity contribution < 1.29 is 24.7 Å². The molecular weight excluding hydrogens is 402 g/mol. The third kappa shape index (κ3) is 4.36. The van der Waals surface area contributed by atoms with Gasteiger partial charge in [0.2, 0.25) is 5.75 Å². The van der Waals surface area contributed by atoms with E-state index in [1.807, 2.05) is 0 Å². The molecule has 158 valence electrons. The molecule has 0 aromatic heterocycles. The van der Waals surface area contributed by atoms with Gasteiger partial charge in [0, 0.05) is 5.56 Å². The van der Waals surface area contributed by atoms with Gasteiger partial charge in [0.25, 0.3) is 5.91 Å². The number of phenolic OH excluding ortho intramolecular Hbond substituents is 1. The van der Waals surface area contributed by atoms with Crippen molar-refractivity contribution in [1.82, 2.24) is 5.43 Å². The highest BCUT2D eigenvalue weighted by Gasteiger charge is 2.39. The van der Waals surface area contributed by atoms with Crippen LogP contribution >= 0.6 is 0 Å². The average molecular weight is 421 g/mol. The molecule has 0 fully saturated rings. The zero-order valence-corrected chi connectivity index (χ0v) is 16.4. The number of hydrazone groups is 1. The number of aliphatic hydroxyl groups is 1. The van der Waals surface area contributed by atoms with E-state index in [2.05, 4.69) is 10.5 Å². The van der Waals surface area contributed by atoms with Crippen LogP contribution in [-0.2, 0) is 10.4 Å². The molecule has 0 aliphatic carbocycles. The van der Waals surface area contributed by atoms with Crippen LogP contribution in [0.1, 0.15) is 16.7 Å². The number of rotatable bonds is 7. The normalized spacial score (nSPS) is 11.3. The second-order valence-electron chi connectivity index (χ2n) is 6.48. The lowest BCUT2D eigenvalue weighted by Crippen LogP contribution is -2.43. The van der Waals surface area contributed by atoms with Crippen molar-refractivity contribution in [1.29, 1.82) is 0 Å². The smallest absolute Gasteiger partial charge is 0.315 e. The average Bonchev–Trinajstić information content (AvgIpc) is 2.80. The van der Waals surface area contributed by atoms with Crippen LogP contribution in [-0.4, -0.2) is 34.4 Å². The van der Waals surface area contributed by atoms with Crippen LogP contribution in [0, 0.1) is 10.1 Å². The van der Waals surface area contributed by atoms with Gasteiger partial charge in [-0.05, 0) is 17.2 Å². The molecule has 1 amide bonds. The maximum atomic E-state index is 13.0. The molecule has 9 nitrogen and oxygen atoms in total. The lowest BCUT2D eigenvalue weighted by molar-refractivity contribution is -0.385. The summed E-state index contributed by atoms with van der Waals surface area (Å²) in [6.45, 7) is 0. The third-order valence-electron chi connectivity index (χ3n) is 4.61. The molecule has 0 heterocycles. The Labute approximate surface area is 177 Å². The standard InChI is InChI=1S/C22H19N3O6/c1-31-18-12-15(20(26)19(13-18)25(29)30)14-23-24-21(27)22(28,16-8-4-2-5-9-16)17-10-6-3-7-11-17/h2-14,26,28H,1H3,(H,24,27)/b23-14+. The number of hydrogen-bond acceptors (Lipinski definition) is 7. The first kappa shape index (κ1) is 21.5. The molecule has 0 aliphatic rings.